The van der Waals surface area contributed by atoms with Crippen molar-refractivity contribution in [2.24, 2.45) is 10.7 Å². The first-order valence-corrected chi connectivity index (χ1v) is 9.12. The number of para-hydroxylation sites is 1. The van der Waals surface area contributed by atoms with Gasteiger partial charge < -0.3 is 20.9 Å². The van der Waals surface area contributed by atoms with Gasteiger partial charge in [-0.15, -0.1) is 0 Å². The third-order valence-electron chi connectivity index (χ3n) is 4.34. The van der Waals surface area contributed by atoms with Gasteiger partial charge in [0.2, 0.25) is 0 Å². The first kappa shape index (κ1) is 18.8. The molecule has 0 saturated heterocycles. The van der Waals surface area contributed by atoms with Crippen molar-refractivity contribution < 1.29 is 0 Å². The molecule has 1 aliphatic rings. The Balaban J connectivity index is 1.69. The second kappa shape index (κ2) is 8.14. The summed E-state index contributed by atoms with van der Waals surface area (Å²) in [5.41, 5.74) is 9.87. The zero-order valence-corrected chi connectivity index (χ0v) is 16.2. The van der Waals surface area contributed by atoms with E-state index in [1.165, 1.54) is 5.56 Å². The van der Waals surface area contributed by atoms with Crippen molar-refractivity contribution in [3.63, 3.8) is 0 Å². The number of anilines is 2. The zero-order valence-electron chi connectivity index (χ0n) is 16.2. The SMILES string of the molecule is Cc1ccc(NC2=CC(N(C)C)=NC(N)(CCNc3ccccc3)N2)cc1. The van der Waals surface area contributed by atoms with Crippen LogP contribution in [0.25, 0.3) is 0 Å². The molecule has 0 aliphatic carbocycles. The van der Waals surface area contributed by atoms with Gasteiger partial charge in [-0.2, -0.15) is 0 Å². The Morgan fingerprint density at radius 3 is 2.41 bits per heavy atom. The molecule has 0 aromatic heterocycles. The van der Waals surface area contributed by atoms with Gasteiger partial charge in [0.05, 0.1) is 0 Å². The molecule has 1 unspecified atom stereocenters. The highest BCUT2D eigenvalue weighted by molar-refractivity contribution is 5.94. The summed E-state index contributed by atoms with van der Waals surface area (Å²) >= 11 is 0. The minimum atomic E-state index is -0.886. The molecule has 1 heterocycles. The van der Waals surface area contributed by atoms with Crippen molar-refractivity contribution in [2.45, 2.75) is 19.1 Å². The quantitative estimate of drug-likeness (QED) is 0.634. The number of hydrogen-bond donors (Lipinski definition) is 4. The number of nitrogens with zero attached hydrogens (tertiary/aromatic N) is 2. The Morgan fingerprint density at radius 1 is 1.04 bits per heavy atom. The topological polar surface area (TPSA) is 77.7 Å². The largest absolute Gasteiger partial charge is 0.385 e. The average molecular weight is 364 g/mol. The zero-order chi connectivity index (χ0) is 19.3. The van der Waals surface area contributed by atoms with E-state index >= 15 is 0 Å². The summed E-state index contributed by atoms with van der Waals surface area (Å²) in [5.74, 6) is 0.772. The summed E-state index contributed by atoms with van der Waals surface area (Å²) in [6.45, 7) is 2.78. The lowest BCUT2D eigenvalue weighted by molar-refractivity contribution is 0.355. The third kappa shape index (κ3) is 5.24. The van der Waals surface area contributed by atoms with Gasteiger partial charge in [0.1, 0.15) is 11.7 Å². The van der Waals surface area contributed by atoms with E-state index in [0.717, 1.165) is 23.0 Å². The number of aliphatic imine (C=N–C) groups is 1. The summed E-state index contributed by atoms with van der Waals surface area (Å²) in [5, 5.41) is 10.1. The van der Waals surface area contributed by atoms with Gasteiger partial charge >= 0.3 is 0 Å². The molecule has 6 heteroatoms. The van der Waals surface area contributed by atoms with Gasteiger partial charge in [-0.3, -0.25) is 5.73 Å². The standard InChI is InChI=1S/C21H28N6/c1-16-9-11-18(12-10-16)24-19-15-20(27(2)3)26-21(22,25-19)13-14-23-17-7-5-4-6-8-17/h4-12,15,23-25H,13-14,22H2,1-3H3. The number of nitrogens with two attached hydrogens (primary N) is 1. The van der Waals surface area contributed by atoms with Crippen LogP contribution < -0.4 is 21.7 Å². The van der Waals surface area contributed by atoms with E-state index in [1.54, 1.807) is 0 Å². The molecule has 1 atom stereocenters. The number of likely N-dealkylation sites (N-methyl/N-ethyl adjacent to an activating group) is 1. The summed E-state index contributed by atoms with van der Waals surface area (Å²) in [4.78, 5) is 6.67. The van der Waals surface area contributed by atoms with E-state index in [4.69, 9.17) is 10.7 Å². The molecule has 0 spiro atoms. The Bertz CT molecular complexity index is 810. The van der Waals surface area contributed by atoms with Gasteiger partial charge in [0.25, 0.3) is 0 Å². The lowest BCUT2D eigenvalue weighted by Gasteiger charge is -2.34. The molecule has 6 nitrogen and oxygen atoms in total. The summed E-state index contributed by atoms with van der Waals surface area (Å²) in [7, 11) is 3.93. The normalized spacial score (nSPS) is 18.8. The molecule has 5 N–H and O–H groups in total. The molecule has 0 bridgehead atoms. The van der Waals surface area contributed by atoms with Crippen LogP contribution in [0.3, 0.4) is 0 Å². The summed E-state index contributed by atoms with van der Waals surface area (Å²) < 4.78 is 0. The second-order valence-corrected chi connectivity index (χ2v) is 7.01. The number of amidine groups is 1. The van der Waals surface area contributed by atoms with Gasteiger partial charge in [-0.1, -0.05) is 35.9 Å². The number of benzene rings is 2. The predicted octanol–water partition coefficient (Wildman–Crippen LogP) is 2.93. The van der Waals surface area contributed by atoms with Crippen LogP contribution in [0.15, 0.2) is 71.5 Å². The van der Waals surface area contributed by atoms with Crippen LogP contribution in [-0.2, 0) is 0 Å². The van der Waals surface area contributed by atoms with Crippen molar-refractivity contribution in [2.75, 3.05) is 31.3 Å². The van der Waals surface area contributed by atoms with Crippen molar-refractivity contribution >= 4 is 17.2 Å². The van der Waals surface area contributed by atoms with Gasteiger partial charge in [0, 0.05) is 44.5 Å². The first-order chi connectivity index (χ1) is 12.9. The number of aryl methyl sites for hydroxylation is 1. The summed E-state index contributed by atoms with van der Waals surface area (Å²) in [6.07, 6.45) is 2.60. The minimum Gasteiger partial charge on any atom is -0.385 e. The van der Waals surface area contributed by atoms with Crippen LogP contribution in [-0.4, -0.2) is 37.2 Å². The lowest BCUT2D eigenvalue weighted by atomic mass is 10.2. The predicted molar refractivity (Wildman–Crippen MR) is 114 cm³/mol. The monoisotopic (exact) mass is 364 g/mol. The Kier molecular flexibility index (Phi) is 5.66. The van der Waals surface area contributed by atoms with Crippen LogP contribution in [0.4, 0.5) is 11.4 Å². The fourth-order valence-corrected chi connectivity index (χ4v) is 2.82. The molecule has 27 heavy (non-hydrogen) atoms. The maximum atomic E-state index is 6.57. The summed E-state index contributed by atoms with van der Waals surface area (Å²) in [6, 6.07) is 18.3. The molecule has 1 aliphatic heterocycles. The maximum absolute atomic E-state index is 6.57. The molecule has 3 rings (SSSR count). The van der Waals surface area contributed by atoms with E-state index in [0.29, 0.717) is 13.0 Å². The van der Waals surface area contributed by atoms with Crippen molar-refractivity contribution in [3.05, 3.63) is 72.1 Å². The van der Waals surface area contributed by atoms with Crippen LogP contribution in [0.2, 0.25) is 0 Å². The van der Waals surface area contributed by atoms with E-state index in [9.17, 15) is 0 Å². The molecular weight excluding hydrogens is 336 g/mol. The van der Waals surface area contributed by atoms with Gasteiger partial charge in [0.15, 0.2) is 5.79 Å². The molecule has 142 valence electrons. The fourth-order valence-electron chi connectivity index (χ4n) is 2.82. The van der Waals surface area contributed by atoms with Gasteiger partial charge in [-0.05, 0) is 31.2 Å². The lowest BCUT2D eigenvalue weighted by Crippen LogP contribution is -2.56. The highest BCUT2D eigenvalue weighted by Gasteiger charge is 2.29. The maximum Gasteiger partial charge on any atom is 0.187 e. The van der Waals surface area contributed by atoms with E-state index in [2.05, 4.69) is 35.0 Å². The van der Waals surface area contributed by atoms with Crippen LogP contribution in [0.5, 0.6) is 0 Å². The highest BCUT2D eigenvalue weighted by atomic mass is 15.3. The number of hydrogen-bond acceptors (Lipinski definition) is 6. The highest BCUT2D eigenvalue weighted by Crippen LogP contribution is 2.18. The first-order valence-electron chi connectivity index (χ1n) is 9.12. The van der Waals surface area contributed by atoms with E-state index in [1.807, 2.05) is 67.5 Å². The van der Waals surface area contributed by atoms with Crippen LogP contribution in [0.1, 0.15) is 12.0 Å². The van der Waals surface area contributed by atoms with Crippen molar-refractivity contribution in [3.8, 4) is 0 Å². The Labute approximate surface area is 161 Å². The molecule has 0 saturated carbocycles. The molecule has 2 aromatic rings. The minimum absolute atomic E-state index is 0.631. The van der Waals surface area contributed by atoms with E-state index < -0.39 is 5.79 Å². The van der Waals surface area contributed by atoms with E-state index in [-0.39, 0.29) is 0 Å². The fraction of sp³-hybridized carbons (Fsp3) is 0.286. The van der Waals surface area contributed by atoms with Crippen LogP contribution in [0, 0.1) is 6.92 Å². The number of rotatable bonds is 6. The molecule has 2 aromatic carbocycles. The van der Waals surface area contributed by atoms with Crippen molar-refractivity contribution in [1.82, 2.24) is 10.2 Å². The Hall–Kier alpha value is -2.99. The van der Waals surface area contributed by atoms with Crippen molar-refractivity contribution in [1.29, 1.82) is 0 Å². The number of nitrogens with one attached hydrogen (secondary N) is 3. The molecule has 0 radical (unpaired) electrons. The third-order valence-corrected chi connectivity index (χ3v) is 4.34. The average Bonchev–Trinajstić information content (AvgIpc) is 2.64. The molecule has 0 fully saturated rings. The Morgan fingerprint density at radius 2 is 1.74 bits per heavy atom. The second-order valence-electron chi connectivity index (χ2n) is 7.01. The van der Waals surface area contributed by atoms with Crippen LogP contribution >= 0.6 is 0 Å². The smallest absolute Gasteiger partial charge is 0.187 e. The van der Waals surface area contributed by atoms with Gasteiger partial charge in [-0.25, -0.2) is 4.99 Å². The molecular formula is C21H28N6. The molecule has 0 amide bonds.